The summed E-state index contributed by atoms with van der Waals surface area (Å²) >= 11 is 0. The maximum Gasteiger partial charge on any atom is 0.335 e. The van der Waals surface area contributed by atoms with E-state index in [1.165, 1.54) is 36.2 Å². The SMILES string of the molecule is O=C(O)c1ccc2[nH]cc(CCCC[NH+]3CC=C(c4ccccc4)CC3)c2c1. The van der Waals surface area contributed by atoms with Crippen LogP contribution in [-0.2, 0) is 6.42 Å². The highest BCUT2D eigenvalue weighted by Gasteiger charge is 2.15. The molecular weight excluding hydrogens is 348 g/mol. The smallest absolute Gasteiger partial charge is 0.335 e. The Balaban J connectivity index is 1.28. The first-order chi connectivity index (χ1) is 13.7. The molecule has 144 valence electrons. The minimum atomic E-state index is -0.870. The first kappa shape index (κ1) is 18.5. The van der Waals surface area contributed by atoms with Crippen LogP contribution >= 0.6 is 0 Å². The molecular formula is C24H27N2O2+. The number of nitrogens with one attached hydrogen (secondary N) is 2. The zero-order valence-electron chi connectivity index (χ0n) is 16.1. The largest absolute Gasteiger partial charge is 0.478 e. The summed E-state index contributed by atoms with van der Waals surface area (Å²) in [5.74, 6) is -0.870. The molecule has 1 atom stereocenters. The van der Waals surface area contributed by atoms with E-state index >= 15 is 0 Å². The van der Waals surface area contributed by atoms with Crippen LogP contribution in [0, 0.1) is 0 Å². The van der Waals surface area contributed by atoms with Gasteiger partial charge in [-0.2, -0.15) is 0 Å². The number of fused-ring (bicyclic) bond motifs is 1. The summed E-state index contributed by atoms with van der Waals surface area (Å²) in [6.07, 6.45) is 8.89. The van der Waals surface area contributed by atoms with E-state index < -0.39 is 5.97 Å². The van der Waals surface area contributed by atoms with Crippen LogP contribution in [0.1, 0.15) is 40.7 Å². The van der Waals surface area contributed by atoms with Crippen LogP contribution in [0.25, 0.3) is 16.5 Å². The number of hydrogen-bond donors (Lipinski definition) is 3. The third-order valence-corrected chi connectivity index (χ3v) is 5.77. The highest BCUT2D eigenvalue weighted by atomic mass is 16.4. The van der Waals surface area contributed by atoms with Crippen LogP contribution in [0.5, 0.6) is 0 Å². The zero-order chi connectivity index (χ0) is 19.3. The van der Waals surface area contributed by atoms with Gasteiger partial charge in [0.1, 0.15) is 0 Å². The van der Waals surface area contributed by atoms with Crippen molar-refractivity contribution in [1.82, 2.24) is 4.98 Å². The standard InChI is InChI=1S/C24H26N2O2/c27-24(28)20-9-10-23-22(16-20)21(17-25-23)8-4-5-13-26-14-11-19(12-15-26)18-6-2-1-3-7-18/h1-3,6-7,9-11,16-17,25H,4-5,8,12-15H2,(H,27,28)/p+1. The fourth-order valence-electron chi connectivity index (χ4n) is 4.13. The molecule has 4 heteroatoms. The highest BCUT2D eigenvalue weighted by Crippen LogP contribution is 2.22. The van der Waals surface area contributed by atoms with E-state index in [0.717, 1.165) is 36.7 Å². The van der Waals surface area contributed by atoms with Crippen molar-refractivity contribution in [3.8, 4) is 0 Å². The number of aromatic amines is 1. The van der Waals surface area contributed by atoms with Crippen LogP contribution in [0.3, 0.4) is 0 Å². The second-order valence-corrected chi connectivity index (χ2v) is 7.64. The molecule has 0 saturated carbocycles. The quantitative estimate of drug-likeness (QED) is 0.553. The molecule has 1 aliphatic rings. The molecule has 0 fully saturated rings. The third-order valence-electron chi connectivity index (χ3n) is 5.77. The second kappa shape index (κ2) is 8.44. The average molecular weight is 375 g/mol. The molecule has 0 saturated heterocycles. The van der Waals surface area contributed by atoms with Gasteiger partial charge in [0, 0.05) is 23.5 Å². The van der Waals surface area contributed by atoms with Crippen molar-refractivity contribution < 1.29 is 14.8 Å². The lowest BCUT2D eigenvalue weighted by Gasteiger charge is -2.23. The fourth-order valence-corrected chi connectivity index (χ4v) is 4.13. The third kappa shape index (κ3) is 4.18. The summed E-state index contributed by atoms with van der Waals surface area (Å²) in [5, 5.41) is 10.2. The number of aryl methyl sites for hydroxylation is 1. The number of hydrogen-bond acceptors (Lipinski definition) is 1. The molecule has 4 nitrogen and oxygen atoms in total. The Kier molecular flexibility index (Phi) is 5.58. The Labute approximate surface area is 165 Å². The molecule has 1 aromatic heterocycles. The van der Waals surface area contributed by atoms with Gasteiger partial charge in [-0.15, -0.1) is 0 Å². The predicted molar refractivity (Wildman–Crippen MR) is 113 cm³/mol. The summed E-state index contributed by atoms with van der Waals surface area (Å²) in [6.45, 7) is 3.51. The van der Waals surface area contributed by atoms with E-state index in [2.05, 4.69) is 41.4 Å². The minimum absolute atomic E-state index is 0.354. The summed E-state index contributed by atoms with van der Waals surface area (Å²) in [6, 6.07) is 16.0. The number of unbranched alkanes of at least 4 members (excludes halogenated alkanes) is 1. The normalized spacial score (nSPS) is 16.9. The van der Waals surface area contributed by atoms with Crippen LogP contribution in [0.4, 0.5) is 0 Å². The molecule has 2 aromatic carbocycles. The number of H-pyrrole nitrogens is 1. The summed E-state index contributed by atoms with van der Waals surface area (Å²) < 4.78 is 0. The van der Waals surface area contributed by atoms with Gasteiger partial charge in [-0.05, 0) is 60.2 Å². The molecule has 1 unspecified atom stereocenters. The van der Waals surface area contributed by atoms with Gasteiger partial charge in [-0.3, -0.25) is 0 Å². The van der Waals surface area contributed by atoms with Crippen molar-refractivity contribution in [3.05, 3.63) is 77.5 Å². The molecule has 0 radical (unpaired) electrons. The van der Waals surface area contributed by atoms with Crippen LogP contribution in [0.15, 0.2) is 60.8 Å². The Morgan fingerprint density at radius 3 is 2.71 bits per heavy atom. The van der Waals surface area contributed by atoms with Crippen molar-refractivity contribution >= 4 is 22.4 Å². The van der Waals surface area contributed by atoms with Gasteiger partial charge < -0.3 is 15.0 Å². The van der Waals surface area contributed by atoms with E-state index in [1.54, 1.807) is 17.0 Å². The zero-order valence-corrected chi connectivity index (χ0v) is 16.1. The first-order valence-electron chi connectivity index (χ1n) is 10.1. The lowest BCUT2D eigenvalue weighted by molar-refractivity contribution is -0.895. The van der Waals surface area contributed by atoms with Gasteiger partial charge in [0.25, 0.3) is 0 Å². The average Bonchev–Trinajstić information content (AvgIpc) is 3.14. The number of rotatable bonds is 7. The summed E-state index contributed by atoms with van der Waals surface area (Å²) in [7, 11) is 0. The Bertz CT molecular complexity index is 988. The van der Waals surface area contributed by atoms with Gasteiger partial charge in [-0.1, -0.05) is 30.3 Å². The number of aromatic nitrogens is 1. The molecule has 2 heterocycles. The molecule has 0 amide bonds. The van der Waals surface area contributed by atoms with Crippen LogP contribution in [-0.4, -0.2) is 35.7 Å². The van der Waals surface area contributed by atoms with E-state index in [-0.39, 0.29) is 0 Å². The van der Waals surface area contributed by atoms with E-state index in [1.807, 2.05) is 12.3 Å². The van der Waals surface area contributed by atoms with Gasteiger partial charge in [0.15, 0.2) is 0 Å². The molecule has 0 bridgehead atoms. The summed E-state index contributed by atoms with van der Waals surface area (Å²) in [4.78, 5) is 16.1. The predicted octanol–water partition coefficient (Wildman–Crippen LogP) is 3.56. The topological polar surface area (TPSA) is 57.5 Å². The van der Waals surface area contributed by atoms with E-state index in [9.17, 15) is 9.90 Å². The highest BCUT2D eigenvalue weighted by molar-refractivity contribution is 5.94. The number of quaternary nitrogens is 1. The van der Waals surface area contributed by atoms with Gasteiger partial charge in [0.2, 0.25) is 0 Å². The molecule has 3 N–H and O–H groups in total. The number of carboxylic acids is 1. The molecule has 0 spiro atoms. The summed E-state index contributed by atoms with van der Waals surface area (Å²) in [5.41, 5.74) is 5.43. The number of carboxylic acid groups (broad SMARTS) is 1. The Hall–Kier alpha value is -2.85. The van der Waals surface area contributed by atoms with Crippen molar-refractivity contribution in [2.75, 3.05) is 19.6 Å². The second-order valence-electron chi connectivity index (χ2n) is 7.64. The number of benzene rings is 2. The van der Waals surface area contributed by atoms with Crippen molar-refractivity contribution in [1.29, 1.82) is 0 Å². The molecule has 0 aliphatic carbocycles. The maximum absolute atomic E-state index is 11.2. The van der Waals surface area contributed by atoms with Crippen molar-refractivity contribution in [2.24, 2.45) is 0 Å². The minimum Gasteiger partial charge on any atom is -0.478 e. The lowest BCUT2D eigenvalue weighted by atomic mass is 9.99. The maximum atomic E-state index is 11.2. The van der Waals surface area contributed by atoms with Crippen LogP contribution in [0.2, 0.25) is 0 Å². The first-order valence-corrected chi connectivity index (χ1v) is 10.1. The van der Waals surface area contributed by atoms with Crippen molar-refractivity contribution in [3.63, 3.8) is 0 Å². The number of carbonyl (C=O) groups is 1. The lowest BCUT2D eigenvalue weighted by Crippen LogP contribution is -3.12. The van der Waals surface area contributed by atoms with E-state index in [4.69, 9.17) is 0 Å². The molecule has 28 heavy (non-hydrogen) atoms. The molecule has 3 aromatic rings. The van der Waals surface area contributed by atoms with Crippen LogP contribution < -0.4 is 4.90 Å². The van der Waals surface area contributed by atoms with Gasteiger partial charge in [0.05, 0.1) is 25.2 Å². The Morgan fingerprint density at radius 1 is 1.11 bits per heavy atom. The Morgan fingerprint density at radius 2 is 1.96 bits per heavy atom. The van der Waals surface area contributed by atoms with Gasteiger partial charge >= 0.3 is 5.97 Å². The van der Waals surface area contributed by atoms with Gasteiger partial charge in [-0.25, -0.2) is 4.79 Å². The van der Waals surface area contributed by atoms with Crippen molar-refractivity contribution in [2.45, 2.75) is 25.7 Å². The van der Waals surface area contributed by atoms with E-state index in [0.29, 0.717) is 5.56 Å². The number of aromatic carboxylic acids is 1. The molecule has 1 aliphatic heterocycles. The fraction of sp³-hybridized carbons (Fsp3) is 0.292. The monoisotopic (exact) mass is 375 g/mol. The molecule has 4 rings (SSSR count).